The number of hydrogen-bond acceptors (Lipinski definition) is 5. The van der Waals surface area contributed by atoms with E-state index in [0.29, 0.717) is 32.7 Å². The summed E-state index contributed by atoms with van der Waals surface area (Å²) < 4.78 is 10.3. The molecular formula is C15H24N2O4. The summed E-state index contributed by atoms with van der Waals surface area (Å²) in [5.41, 5.74) is 0. The van der Waals surface area contributed by atoms with Gasteiger partial charge in [-0.15, -0.1) is 0 Å². The maximum atomic E-state index is 11.4. The molecule has 0 saturated carbocycles. The molecule has 1 aromatic rings. The second-order valence-corrected chi connectivity index (χ2v) is 4.57. The average molecular weight is 296 g/mol. The summed E-state index contributed by atoms with van der Waals surface area (Å²) in [6.45, 7) is 2.15. The second-order valence-electron chi connectivity index (χ2n) is 4.57. The highest BCUT2D eigenvalue weighted by atomic mass is 16.5. The van der Waals surface area contributed by atoms with Crippen LogP contribution in [0.1, 0.15) is 6.42 Å². The second kappa shape index (κ2) is 11.1. The van der Waals surface area contributed by atoms with E-state index in [2.05, 4.69) is 10.6 Å². The molecule has 1 rings (SSSR count). The number of hydrogen-bond donors (Lipinski definition) is 3. The van der Waals surface area contributed by atoms with Crippen molar-refractivity contribution in [2.24, 2.45) is 0 Å². The molecule has 0 aliphatic rings. The van der Waals surface area contributed by atoms with E-state index in [9.17, 15) is 9.90 Å². The topological polar surface area (TPSA) is 79.8 Å². The minimum atomic E-state index is -0.609. The van der Waals surface area contributed by atoms with Crippen molar-refractivity contribution >= 4 is 5.91 Å². The number of carbonyl (C=O) groups is 1. The summed E-state index contributed by atoms with van der Waals surface area (Å²) in [6.07, 6.45) is -0.238. The van der Waals surface area contributed by atoms with Gasteiger partial charge in [0.1, 0.15) is 18.5 Å². The molecule has 118 valence electrons. The van der Waals surface area contributed by atoms with Gasteiger partial charge in [-0.05, 0) is 12.1 Å². The first-order valence-corrected chi connectivity index (χ1v) is 7.04. The van der Waals surface area contributed by atoms with Crippen LogP contribution in [0.4, 0.5) is 0 Å². The zero-order chi connectivity index (χ0) is 15.3. The fourth-order valence-electron chi connectivity index (χ4n) is 1.62. The first kappa shape index (κ1) is 17.4. The van der Waals surface area contributed by atoms with Gasteiger partial charge in [0, 0.05) is 33.2 Å². The lowest BCUT2D eigenvalue weighted by molar-refractivity contribution is -0.121. The van der Waals surface area contributed by atoms with Crippen LogP contribution in [0.3, 0.4) is 0 Å². The highest BCUT2D eigenvalue weighted by Crippen LogP contribution is 2.08. The largest absolute Gasteiger partial charge is 0.491 e. The fraction of sp³-hybridized carbons (Fsp3) is 0.533. The Hall–Kier alpha value is -1.63. The number of amides is 1. The number of nitrogens with one attached hydrogen (secondary N) is 2. The standard InChI is InChI=1S/C15H24N2O4/c1-20-10-9-17-15(19)7-8-16-11-13(18)12-21-14-5-3-2-4-6-14/h2-6,13,16,18H,7-12H2,1H3,(H,17,19). The Labute approximate surface area is 125 Å². The van der Waals surface area contributed by atoms with Crippen LogP contribution in [0.2, 0.25) is 0 Å². The Kier molecular flexibility index (Phi) is 9.19. The van der Waals surface area contributed by atoms with Crippen LogP contribution in [-0.4, -0.2) is 57.1 Å². The van der Waals surface area contributed by atoms with Crippen LogP contribution in [0.15, 0.2) is 30.3 Å². The number of aliphatic hydroxyl groups excluding tert-OH is 1. The van der Waals surface area contributed by atoms with Crippen molar-refractivity contribution in [1.82, 2.24) is 10.6 Å². The lowest BCUT2D eigenvalue weighted by atomic mass is 10.3. The summed E-state index contributed by atoms with van der Waals surface area (Å²) in [5.74, 6) is 0.698. The van der Waals surface area contributed by atoms with Crippen molar-refractivity contribution < 1.29 is 19.4 Å². The van der Waals surface area contributed by atoms with Gasteiger partial charge in [-0.1, -0.05) is 18.2 Å². The number of ether oxygens (including phenoxy) is 2. The van der Waals surface area contributed by atoms with E-state index in [1.54, 1.807) is 7.11 Å². The molecule has 0 bridgehead atoms. The molecule has 1 amide bonds. The van der Waals surface area contributed by atoms with E-state index < -0.39 is 6.10 Å². The van der Waals surface area contributed by atoms with Gasteiger partial charge >= 0.3 is 0 Å². The molecule has 6 nitrogen and oxygen atoms in total. The predicted molar refractivity (Wildman–Crippen MR) is 80.3 cm³/mol. The van der Waals surface area contributed by atoms with Crippen molar-refractivity contribution in [3.8, 4) is 5.75 Å². The number of rotatable bonds is 11. The number of carbonyl (C=O) groups excluding carboxylic acids is 1. The SMILES string of the molecule is COCCNC(=O)CCNCC(O)COc1ccccc1. The van der Waals surface area contributed by atoms with Gasteiger partial charge in [0.05, 0.1) is 6.61 Å². The van der Waals surface area contributed by atoms with Gasteiger partial charge in [-0.25, -0.2) is 0 Å². The Morgan fingerprint density at radius 2 is 2.05 bits per heavy atom. The van der Waals surface area contributed by atoms with Crippen LogP contribution < -0.4 is 15.4 Å². The molecule has 6 heteroatoms. The molecule has 0 saturated heterocycles. The quantitative estimate of drug-likeness (QED) is 0.507. The van der Waals surface area contributed by atoms with Gasteiger partial charge in [0.2, 0.25) is 5.91 Å². The van der Waals surface area contributed by atoms with Gasteiger partial charge in [-0.2, -0.15) is 0 Å². The molecule has 0 aliphatic heterocycles. The minimum Gasteiger partial charge on any atom is -0.491 e. The molecular weight excluding hydrogens is 272 g/mol. The third kappa shape index (κ3) is 9.01. The van der Waals surface area contributed by atoms with Crippen LogP contribution in [-0.2, 0) is 9.53 Å². The van der Waals surface area contributed by atoms with Crippen LogP contribution in [0.25, 0.3) is 0 Å². The van der Waals surface area contributed by atoms with Crippen molar-refractivity contribution in [2.75, 3.05) is 40.0 Å². The molecule has 1 atom stereocenters. The van der Waals surface area contributed by atoms with Gasteiger partial charge < -0.3 is 25.2 Å². The highest BCUT2D eigenvalue weighted by Gasteiger charge is 2.05. The van der Waals surface area contributed by atoms with E-state index in [0.717, 1.165) is 5.75 Å². The van der Waals surface area contributed by atoms with Gasteiger partial charge in [0.25, 0.3) is 0 Å². The Morgan fingerprint density at radius 1 is 1.29 bits per heavy atom. The molecule has 0 fully saturated rings. The summed E-state index contributed by atoms with van der Waals surface area (Å²) in [7, 11) is 1.59. The molecule has 21 heavy (non-hydrogen) atoms. The van der Waals surface area contributed by atoms with Crippen molar-refractivity contribution in [2.45, 2.75) is 12.5 Å². The normalized spacial score (nSPS) is 11.9. The summed E-state index contributed by atoms with van der Waals surface area (Å²) in [6, 6.07) is 9.34. The molecule has 0 heterocycles. The number of para-hydroxylation sites is 1. The molecule has 0 aromatic heterocycles. The molecule has 0 spiro atoms. The van der Waals surface area contributed by atoms with Crippen LogP contribution in [0, 0.1) is 0 Å². The zero-order valence-electron chi connectivity index (χ0n) is 12.4. The maximum Gasteiger partial charge on any atom is 0.221 e. The van der Waals surface area contributed by atoms with E-state index in [4.69, 9.17) is 9.47 Å². The number of aliphatic hydroxyl groups is 1. The summed E-state index contributed by atoms with van der Waals surface area (Å²) >= 11 is 0. The fourth-order valence-corrected chi connectivity index (χ4v) is 1.62. The van der Waals surface area contributed by atoms with Crippen LogP contribution in [0.5, 0.6) is 5.75 Å². The third-order valence-corrected chi connectivity index (χ3v) is 2.72. The van der Waals surface area contributed by atoms with Crippen molar-refractivity contribution in [3.05, 3.63) is 30.3 Å². The summed E-state index contributed by atoms with van der Waals surface area (Å²) in [4.78, 5) is 11.4. The molecule has 1 aromatic carbocycles. The molecule has 0 aliphatic carbocycles. The van der Waals surface area contributed by atoms with Gasteiger partial charge in [0.15, 0.2) is 0 Å². The molecule has 1 unspecified atom stereocenters. The highest BCUT2D eigenvalue weighted by molar-refractivity contribution is 5.75. The Morgan fingerprint density at radius 3 is 2.76 bits per heavy atom. The first-order valence-electron chi connectivity index (χ1n) is 7.04. The van der Waals surface area contributed by atoms with Crippen molar-refractivity contribution in [3.63, 3.8) is 0 Å². The lowest BCUT2D eigenvalue weighted by Crippen LogP contribution is -2.34. The third-order valence-electron chi connectivity index (χ3n) is 2.72. The zero-order valence-corrected chi connectivity index (χ0v) is 12.4. The molecule has 0 radical (unpaired) electrons. The smallest absolute Gasteiger partial charge is 0.221 e. The Bertz CT molecular complexity index is 387. The monoisotopic (exact) mass is 296 g/mol. The van der Waals surface area contributed by atoms with Crippen LogP contribution >= 0.6 is 0 Å². The first-order chi connectivity index (χ1) is 10.2. The van der Waals surface area contributed by atoms with E-state index >= 15 is 0 Å². The van der Waals surface area contributed by atoms with E-state index in [1.807, 2.05) is 30.3 Å². The molecule has 3 N–H and O–H groups in total. The lowest BCUT2D eigenvalue weighted by Gasteiger charge is -2.13. The summed E-state index contributed by atoms with van der Waals surface area (Å²) in [5, 5.41) is 15.5. The Balaban J connectivity index is 2.00. The van der Waals surface area contributed by atoms with Gasteiger partial charge in [-0.3, -0.25) is 4.79 Å². The van der Waals surface area contributed by atoms with Crippen molar-refractivity contribution in [1.29, 1.82) is 0 Å². The number of methoxy groups -OCH3 is 1. The predicted octanol–water partition coefficient (Wildman–Crippen LogP) is 0.169. The average Bonchev–Trinajstić information content (AvgIpc) is 2.51. The minimum absolute atomic E-state index is 0.0328. The van der Waals surface area contributed by atoms with E-state index in [-0.39, 0.29) is 12.5 Å². The maximum absolute atomic E-state index is 11.4. The number of benzene rings is 1. The van der Waals surface area contributed by atoms with E-state index in [1.165, 1.54) is 0 Å².